The lowest BCUT2D eigenvalue weighted by Crippen LogP contribution is -2.49. The Kier molecular flexibility index (Phi) is 5.36. The molecule has 0 bridgehead atoms. The van der Waals surface area contributed by atoms with Crippen LogP contribution in [0.1, 0.15) is 42.9 Å². The third-order valence-electron chi connectivity index (χ3n) is 6.01. The van der Waals surface area contributed by atoms with Crippen LogP contribution >= 0.6 is 0 Å². The van der Waals surface area contributed by atoms with Crippen LogP contribution in [0.4, 0.5) is 4.39 Å². The van der Waals surface area contributed by atoms with E-state index in [2.05, 4.69) is 5.32 Å². The van der Waals surface area contributed by atoms with Crippen molar-refractivity contribution in [1.82, 2.24) is 5.32 Å². The number of hydrogen-bond donors (Lipinski definition) is 1. The molecule has 1 N–H and O–H groups in total. The van der Waals surface area contributed by atoms with Crippen molar-refractivity contribution in [2.24, 2.45) is 5.92 Å². The average Bonchev–Trinajstić information content (AvgIpc) is 3.57. The van der Waals surface area contributed by atoms with Crippen LogP contribution in [0.25, 0.3) is 0 Å². The van der Waals surface area contributed by atoms with Crippen molar-refractivity contribution in [3.8, 4) is 5.75 Å². The lowest BCUT2D eigenvalue weighted by Gasteiger charge is -2.37. The molecule has 0 spiro atoms. The maximum atomic E-state index is 13.9. The molecule has 2 aromatic rings. The van der Waals surface area contributed by atoms with E-state index in [1.165, 1.54) is 12.1 Å². The first-order valence-corrected chi connectivity index (χ1v) is 9.91. The van der Waals surface area contributed by atoms with Gasteiger partial charge in [0, 0.05) is 13.2 Å². The summed E-state index contributed by atoms with van der Waals surface area (Å²) in [4.78, 5) is 13.6. The maximum Gasteiger partial charge on any atom is 0.231 e. The summed E-state index contributed by atoms with van der Waals surface area (Å²) in [6.07, 6.45) is 3.32. The van der Waals surface area contributed by atoms with Gasteiger partial charge in [0.05, 0.1) is 18.6 Å². The lowest BCUT2D eigenvalue weighted by molar-refractivity contribution is -0.131. The number of carbonyl (C=O) groups excluding carboxylic acids is 1. The summed E-state index contributed by atoms with van der Waals surface area (Å²) in [5.41, 5.74) is 1.07. The Labute approximate surface area is 165 Å². The Balaban J connectivity index is 1.62. The minimum atomic E-state index is -0.750. The van der Waals surface area contributed by atoms with E-state index in [9.17, 15) is 9.18 Å². The Hall–Kier alpha value is -2.40. The van der Waals surface area contributed by atoms with Gasteiger partial charge < -0.3 is 14.8 Å². The van der Waals surface area contributed by atoms with E-state index < -0.39 is 5.41 Å². The number of benzene rings is 2. The quantitative estimate of drug-likeness (QED) is 0.815. The molecule has 0 aromatic heterocycles. The van der Waals surface area contributed by atoms with E-state index in [4.69, 9.17) is 9.47 Å². The van der Waals surface area contributed by atoms with Crippen LogP contribution in [-0.2, 0) is 14.9 Å². The molecule has 5 heteroatoms. The fourth-order valence-electron chi connectivity index (χ4n) is 4.15. The average molecular weight is 383 g/mol. The summed E-state index contributed by atoms with van der Waals surface area (Å²) in [6.45, 7) is 1.00. The molecular weight excluding hydrogens is 357 g/mol. The van der Waals surface area contributed by atoms with Gasteiger partial charge in [0.25, 0.3) is 0 Å². The minimum absolute atomic E-state index is 0.0332. The van der Waals surface area contributed by atoms with E-state index in [1.54, 1.807) is 13.2 Å². The largest absolute Gasteiger partial charge is 0.497 e. The van der Waals surface area contributed by atoms with Gasteiger partial charge in [-0.25, -0.2) is 4.39 Å². The molecule has 1 aliphatic heterocycles. The summed E-state index contributed by atoms with van der Waals surface area (Å²) in [5, 5.41) is 3.30. The van der Waals surface area contributed by atoms with Crippen LogP contribution in [-0.4, -0.2) is 26.2 Å². The third-order valence-corrected chi connectivity index (χ3v) is 6.01. The van der Waals surface area contributed by atoms with Crippen molar-refractivity contribution in [3.63, 3.8) is 0 Å². The van der Waals surface area contributed by atoms with E-state index in [1.807, 2.05) is 30.3 Å². The third kappa shape index (κ3) is 3.76. The number of rotatable bonds is 6. The zero-order valence-corrected chi connectivity index (χ0v) is 16.1. The van der Waals surface area contributed by atoms with Crippen molar-refractivity contribution in [1.29, 1.82) is 0 Å². The minimum Gasteiger partial charge on any atom is -0.497 e. The van der Waals surface area contributed by atoms with Crippen LogP contribution in [0.5, 0.6) is 5.75 Å². The number of carbonyl (C=O) groups is 1. The molecule has 1 atom stereocenters. The van der Waals surface area contributed by atoms with Crippen molar-refractivity contribution < 1.29 is 18.7 Å². The molecule has 2 fully saturated rings. The molecule has 0 radical (unpaired) electrons. The molecule has 28 heavy (non-hydrogen) atoms. The highest BCUT2D eigenvalue weighted by Crippen LogP contribution is 2.43. The second-order valence-electron chi connectivity index (χ2n) is 7.77. The highest BCUT2D eigenvalue weighted by Gasteiger charge is 2.44. The number of nitrogens with one attached hydrogen (secondary N) is 1. The molecular formula is C23H26FNO3. The topological polar surface area (TPSA) is 47.6 Å². The van der Waals surface area contributed by atoms with Crippen LogP contribution in [0, 0.1) is 11.7 Å². The van der Waals surface area contributed by atoms with E-state index in [0.717, 1.165) is 29.7 Å². The van der Waals surface area contributed by atoms with E-state index >= 15 is 0 Å². The monoisotopic (exact) mass is 383 g/mol. The van der Waals surface area contributed by atoms with Gasteiger partial charge in [-0.3, -0.25) is 4.79 Å². The highest BCUT2D eigenvalue weighted by atomic mass is 19.1. The molecule has 148 valence electrons. The van der Waals surface area contributed by atoms with Crippen LogP contribution in [0.3, 0.4) is 0 Å². The SMILES string of the molecule is COc1ccc([C@H](NC(=O)C2(c3cccc(F)c3)CCOCC2)C2CC2)cc1. The highest BCUT2D eigenvalue weighted by molar-refractivity contribution is 5.88. The Morgan fingerprint density at radius 1 is 1.18 bits per heavy atom. The van der Waals surface area contributed by atoms with E-state index in [0.29, 0.717) is 32.0 Å². The van der Waals surface area contributed by atoms with Gasteiger partial charge in [0.1, 0.15) is 11.6 Å². The van der Waals surface area contributed by atoms with Gasteiger partial charge in [-0.1, -0.05) is 24.3 Å². The van der Waals surface area contributed by atoms with Crippen molar-refractivity contribution in [2.75, 3.05) is 20.3 Å². The van der Waals surface area contributed by atoms with Crippen LogP contribution < -0.4 is 10.1 Å². The van der Waals surface area contributed by atoms with Crippen LogP contribution in [0.15, 0.2) is 48.5 Å². The van der Waals surface area contributed by atoms with Crippen LogP contribution in [0.2, 0.25) is 0 Å². The Morgan fingerprint density at radius 2 is 1.89 bits per heavy atom. The van der Waals surface area contributed by atoms with Crippen molar-refractivity contribution >= 4 is 5.91 Å². The zero-order valence-electron chi connectivity index (χ0n) is 16.1. The normalized spacial score (nSPS) is 19.6. The second kappa shape index (κ2) is 7.92. The number of halogens is 1. The Morgan fingerprint density at radius 3 is 2.50 bits per heavy atom. The zero-order chi connectivity index (χ0) is 19.6. The number of methoxy groups -OCH3 is 1. The summed E-state index contributed by atoms with van der Waals surface area (Å²) < 4.78 is 24.7. The molecule has 1 saturated heterocycles. The molecule has 4 nitrogen and oxygen atoms in total. The fraction of sp³-hybridized carbons (Fsp3) is 0.435. The summed E-state index contributed by atoms with van der Waals surface area (Å²) in [5.74, 6) is 0.895. The van der Waals surface area contributed by atoms with Gasteiger partial charge >= 0.3 is 0 Å². The predicted molar refractivity (Wildman–Crippen MR) is 105 cm³/mol. The van der Waals surface area contributed by atoms with Gasteiger partial charge in [0.2, 0.25) is 5.91 Å². The first-order chi connectivity index (χ1) is 13.6. The summed E-state index contributed by atoms with van der Waals surface area (Å²) >= 11 is 0. The smallest absolute Gasteiger partial charge is 0.231 e. The molecule has 2 aliphatic rings. The van der Waals surface area contributed by atoms with E-state index in [-0.39, 0.29) is 17.8 Å². The van der Waals surface area contributed by atoms with Crippen molar-refractivity contribution in [3.05, 3.63) is 65.5 Å². The number of hydrogen-bond acceptors (Lipinski definition) is 3. The number of ether oxygens (including phenoxy) is 2. The lowest BCUT2D eigenvalue weighted by atomic mass is 9.73. The van der Waals surface area contributed by atoms with Gasteiger partial charge in [-0.05, 0) is 67.0 Å². The van der Waals surface area contributed by atoms with Gasteiger partial charge in [0.15, 0.2) is 0 Å². The standard InChI is InChI=1S/C23H26FNO3/c1-27-20-9-7-17(8-10-20)21(16-5-6-16)25-22(26)23(11-13-28-14-12-23)18-3-2-4-19(24)15-18/h2-4,7-10,15-16,21H,5-6,11-14H2,1H3,(H,25,26)/t21-/m1/s1. The maximum absolute atomic E-state index is 13.9. The molecule has 1 saturated carbocycles. The second-order valence-corrected chi connectivity index (χ2v) is 7.77. The first-order valence-electron chi connectivity index (χ1n) is 9.91. The van der Waals surface area contributed by atoms with Crippen molar-refractivity contribution in [2.45, 2.75) is 37.1 Å². The summed E-state index contributed by atoms with van der Waals surface area (Å²) in [7, 11) is 1.64. The molecule has 1 aliphatic carbocycles. The summed E-state index contributed by atoms with van der Waals surface area (Å²) in [6, 6.07) is 14.3. The predicted octanol–water partition coefficient (Wildman–Crippen LogP) is 4.15. The molecule has 1 amide bonds. The molecule has 4 rings (SSSR count). The molecule has 1 heterocycles. The first kappa shape index (κ1) is 18.9. The van der Waals surface area contributed by atoms with Gasteiger partial charge in [-0.2, -0.15) is 0 Å². The molecule has 2 aromatic carbocycles. The Bertz CT molecular complexity index is 826. The molecule has 0 unspecified atom stereocenters. The fourth-order valence-corrected chi connectivity index (χ4v) is 4.15. The van der Waals surface area contributed by atoms with Gasteiger partial charge in [-0.15, -0.1) is 0 Å². The number of amides is 1.